The first-order valence-corrected chi connectivity index (χ1v) is 7.09. The zero-order valence-corrected chi connectivity index (χ0v) is 12.1. The monoisotopic (exact) mass is 308 g/mol. The molecule has 0 radical (unpaired) electrons. The van der Waals surface area contributed by atoms with Crippen molar-refractivity contribution in [1.82, 2.24) is 0 Å². The molecule has 0 amide bonds. The predicted octanol–water partition coefficient (Wildman–Crippen LogP) is 3.33. The van der Waals surface area contributed by atoms with Crippen molar-refractivity contribution in [2.24, 2.45) is 0 Å². The maximum absolute atomic E-state index is 8.99. The molecule has 1 heterocycles. The summed E-state index contributed by atoms with van der Waals surface area (Å²) in [5.41, 5.74) is 1.82. The van der Waals surface area contributed by atoms with Gasteiger partial charge in [0.25, 0.3) is 0 Å². The number of halogens is 1. The molecule has 0 aliphatic carbocycles. The van der Waals surface area contributed by atoms with E-state index < -0.39 is 0 Å². The average Bonchev–Trinajstić information content (AvgIpc) is 2.39. The minimum atomic E-state index is 0.397. The Morgan fingerprint density at radius 3 is 2.72 bits per heavy atom. The molecule has 0 unspecified atom stereocenters. The summed E-state index contributed by atoms with van der Waals surface area (Å²) in [5, 5.41) is 8.99. The zero-order chi connectivity index (χ0) is 13.0. The first kappa shape index (κ1) is 13.4. The van der Waals surface area contributed by atoms with E-state index >= 15 is 0 Å². The lowest BCUT2D eigenvalue weighted by molar-refractivity contribution is 0.0459. The minimum Gasteiger partial charge on any atom is -0.378 e. The number of benzene rings is 1. The molecular formula is C14H17BrN2O. The molecule has 0 N–H and O–H groups in total. The molecule has 1 aliphatic heterocycles. The molecule has 1 fully saturated rings. The van der Waals surface area contributed by atoms with Gasteiger partial charge in [-0.3, -0.25) is 0 Å². The van der Waals surface area contributed by atoms with Crippen molar-refractivity contribution in [3.8, 4) is 6.07 Å². The lowest BCUT2D eigenvalue weighted by Crippen LogP contribution is -2.37. The third-order valence-electron chi connectivity index (χ3n) is 3.22. The summed E-state index contributed by atoms with van der Waals surface area (Å²) in [6.45, 7) is 4.82. The van der Waals surface area contributed by atoms with Crippen LogP contribution in [0, 0.1) is 11.3 Å². The summed E-state index contributed by atoms with van der Waals surface area (Å²) >= 11 is 3.45. The van der Waals surface area contributed by atoms with Gasteiger partial charge in [0, 0.05) is 29.9 Å². The lowest BCUT2D eigenvalue weighted by atomic mass is 10.1. The summed E-state index contributed by atoms with van der Waals surface area (Å²) in [6, 6.07) is 8.06. The van der Waals surface area contributed by atoms with E-state index in [4.69, 9.17) is 10.00 Å². The highest BCUT2D eigenvalue weighted by atomic mass is 79.9. The maximum atomic E-state index is 8.99. The Morgan fingerprint density at radius 1 is 1.39 bits per heavy atom. The summed E-state index contributed by atoms with van der Waals surface area (Å²) in [6.07, 6.45) is 2.51. The Kier molecular flexibility index (Phi) is 4.62. The largest absolute Gasteiger partial charge is 0.378 e. The smallest absolute Gasteiger partial charge is 0.0992 e. The number of nitrogens with zero attached hydrogens (tertiary/aromatic N) is 2. The molecule has 1 aromatic rings. The number of ether oxygens (including phenoxy) is 1. The fourth-order valence-electron chi connectivity index (χ4n) is 2.34. The predicted molar refractivity (Wildman–Crippen MR) is 75.7 cm³/mol. The first-order valence-electron chi connectivity index (χ1n) is 6.30. The van der Waals surface area contributed by atoms with Crippen LogP contribution < -0.4 is 4.90 Å². The van der Waals surface area contributed by atoms with Gasteiger partial charge in [0.15, 0.2) is 0 Å². The molecule has 1 aromatic carbocycles. The van der Waals surface area contributed by atoms with Crippen molar-refractivity contribution in [3.63, 3.8) is 0 Å². The molecule has 2 rings (SSSR count). The van der Waals surface area contributed by atoms with Crippen LogP contribution in [0.1, 0.15) is 25.3 Å². The van der Waals surface area contributed by atoms with Gasteiger partial charge in [-0.05, 0) is 38.0 Å². The van der Waals surface area contributed by atoms with Crippen LogP contribution in [0.2, 0.25) is 0 Å². The van der Waals surface area contributed by atoms with Crippen LogP contribution in [0.25, 0.3) is 0 Å². The van der Waals surface area contributed by atoms with Crippen molar-refractivity contribution in [2.45, 2.75) is 25.9 Å². The highest BCUT2D eigenvalue weighted by Gasteiger charge is 2.19. The topological polar surface area (TPSA) is 36.3 Å². The van der Waals surface area contributed by atoms with Gasteiger partial charge in [0.2, 0.25) is 0 Å². The second-order valence-corrected chi connectivity index (χ2v) is 5.37. The van der Waals surface area contributed by atoms with Gasteiger partial charge in [-0.15, -0.1) is 0 Å². The molecule has 0 aromatic heterocycles. The third kappa shape index (κ3) is 3.24. The van der Waals surface area contributed by atoms with Crippen molar-refractivity contribution in [2.75, 3.05) is 24.6 Å². The number of anilines is 1. The van der Waals surface area contributed by atoms with E-state index in [9.17, 15) is 0 Å². The molecule has 0 bridgehead atoms. The summed E-state index contributed by atoms with van der Waals surface area (Å²) in [5.74, 6) is 0. The fourth-order valence-corrected chi connectivity index (χ4v) is 2.82. The standard InChI is InChI=1S/C14H17BrN2O/c1-2-18-14-3-5-17(6-4-14)13-8-11(10-16)7-12(15)9-13/h7-9,14H,2-6H2,1H3. The Morgan fingerprint density at radius 2 is 2.11 bits per heavy atom. The van der Waals surface area contributed by atoms with Gasteiger partial charge in [-0.1, -0.05) is 15.9 Å². The molecule has 4 heteroatoms. The van der Waals surface area contributed by atoms with E-state index in [2.05, 4.69) is 33.0 Å². The van der Waals surface area contributed by atoms with Crippen molar-refractivity contribution >= 4 is 21.6 Å². The summed E-state index contributed by atoms with van der Waals surface area (Å²) < 4.78 is 6.61. The lowest BCUT2D eigenvalue weighted by Gasteiger charge is -2.33. The fraction of sp³-hybridized carbons (Fsp3) is 0.500. The van der Waals surface area contributed by atoms with Crippen molar-refractivity contribution < 1.29 is 4.74 Å². The van der Waals surface area contributed by atoms with E-state index in [-0.39, 0.29) is 0 Å². The minimum absolute atomic E-state index is 0.397. The quantitative estimate of drug-likeness (QED) is 0.859. The Labute approximate surface area is 116 Å². The summed E-state index contributed by atoms with van der Waals surface area (Å²) in [4.78, 5) is 2.32. The molecule has 0 spiro atoms. The van der Waals surface area contributed by atoms with Gasteiger partial charge in [0.05, 0.1) is 17.7 Å². The Bertz CT molecular complexity index is 448. The van der Waals surface area contributed by atoms with Gasteiger partial charge in [-0.2, -0.15) is 5.26 Å². The average molecular weight is 309 g/mol. The normalized spacial score (nSPS) is 16.6. The van der Waals surface area contributed by atoms with Crippen LogP contribution in [0.3, 0.4) is 0 Å². The van der Waals surface area contributed by atoms with Crippen LogP contribution in [0.15, 0.2) is 22.7 Å². The number of nitriles is 1. The van der Waals surface area contributed by atoms with Crippen LogP contribution in [0.4, 0.5) is 5.69 Å². The van der Waals surface area contributed by atoms with E-state index in [1.54, 1.807) is 0 Å². The van der Waals surface area contributed by atoms with Crippen LogP contribution in [-0.2, 0) is 4.74 Å². The van der Waals surface area contributed by atoms with Crippen LogP contribution in [-0.4, -0.2) is 25.8 Å². The zero-order valence-electron chi connectivity index (χ0n) is 10.5. The van der Waals surface area contributed by atoms with Gasteiger partial charge < -0.3 is 9.64 Å². The molecule has 1 saturated heterocycles. The van der Waals surface area contributed by atoms with Crippen molar-refractivity contribution in [3.05, 3.63) is 28.2 Å². The van der Waals surface area contributed by atoms with E-state index in [0.717, 1.165) is 42.7 Å². The number of rotatable bonds is 3. The van der Waals surface area contributed by atoms with Crippen LogP contribution >= 0.6 is 15.9 Å². The highest BCUT2D eigenvalue weighted by molar-refractivity contribution is 9.10. The Hall–Kier alpha value is -1.05. The van der Waals surface area contributed by atoms with Gasteiger partial charge in [0.1, 0.15) is 0 Å². The van der Waals surface area contributed by atoms with Crippen molar-refractivity contribution in [1.29, 1.82) is 5.26 Å². The summed E-state index contributed by atoms with van der Waals surface area (Å²) in [7, 11) is 0. The van der Waals surface area contributed by atoms with E-state index in [0.29, 0.717) is 11.7 Å². The van der Waals surface area contributed by atoms with E-state index in [1.165, 1.54) is 0 Å². The first-order chi connectivity index (χ1) is 8.72. The third-order valence-corrected chi connectivity index (χ3v) is 3.68. The molecule has 1 aliphatic rings. The molecule has 3 nitrogen and oxygen atoms in total. The second-order valence-electron chi connectivity index (χ2n) is 4.45. The molecule has 18 heavy (non-hydrogen) atoms. The number of hydrogen-bond donors (Lipinski definition) is 0. The number of piperidine rings is 1. The molecule has 96 valence electrons. The van der Waals surface area contributed by atoms with Crippen LogP contribution in [0.5, 0.6) is 0 Å². The van der Waals surface area contributed by atoms with Gasteiger partial charge >= 0.3 is 0 Å². The SMILES string of the molecule is CCOC1CCN(c2cc(Br)cc(C#N)c2)CC1. The molecule has 0 saturated carbocycles. The van der Waals surface area contributed by atoms with E-state index in [1.807, 2.05) is 19.1 Å². The highest BCUT2D eigenvalue weighted by Crippen LogP contribution is 2.26. The molecular weight excluding hydrogens is 292 g/mol. The Balaban J connectivity index is 2.05. The number of hydrogen-bond acceptors (Lipinski definition) is 3. The maximum Gasteiger partial charge on any atom is 0.0992 e. The molecule has 0 atom stereocenters. The van der Waals surface area contributed by atoms with Gasteiger partial charge in [-0.25, -0.2) is 0 Å². The second kappa shape index (κ2) is 6.21.